The molecule has 25 heavy (non-hydrogen) atoms. The van der Waals surface area contributed by atoms with Crippen molar-refractivity contribution >= 4 is 12.1 Å². The third-order valence-corrected chi connectivity index (χ3v) is 4.29. The van der Waals surface area contributed by atoms with Crippen LogP contribution in [0.2, 0.25) is 0 Å². The number of rotatable bonds is 4. The average molecular weight is 347 g/mol. The van der Waals surface area contributed by atoms with Crippen LogP contribution in [0, 0.1) is 12.8 Å². The van der Waals surface area contributed by atoms with E-state index in [0.717, 1.165) is 31.2 Å². The summed E-state index contributed by atoms with van der Waals surface area (Å²) in [6.07, 6.45) is 3.12. The Bertz CT molecular complexity index is 581. The largest absolute Gasteiger partial charge is 0.459 e. The number of hydrogen-bond donors (Lipinski definition) is 1. The van der Waals surface area contributed by atoms with Gasteiger partial charge in [0.25, 0.3) is 0 Å². The van der Waals surface area contributed by atoms with Crippen LogP contribution in [0.25, 0.3) is 0 Å². The van der Waals surface area contributed by atoms with E-state index < -0.39 is 5.60 Å². The second-order valence-corrected chi connectivity index (χ2v) is 7.80. The minimum absolute atomic E-state index is 0.0356. The van der Waals surface area contributed by atoms with E-state index in [1.54, 1.807) is 12.1 Å². The number of ether oxygens (including phenoxy) is 2. The smallest absolute Gasteiger partial charge is 0.407 e. The first-order valence-electron chi connectivity index (χ1n) is 8.97. The maximum absolute atomic E-state index is 12.2. The summed E-state index contributed by atoms with van der Waals surface area (Å²) >= 11 is 0. The molecule has 1 amide bonds. The third kappa shape index (κ3) is 6.77. The van der Waals surface area contributed by atoms with E-state index in [1.807, 2.05) is 39.8 Å². The van der Waals surface area contributed by atoms with Crippen LogP contribution in [0.1, 0.15) is 62.4 Å². The van der Waals surface area contributed by atoms with Crippen LogP contribution in [-0.4, -0.2) is 30.3 Å². The summed E-state index contributed by atoms with van der Waals surface area (Å²) in [6.45, 7) is 8.13. The van der Waals surface area contributed by atoms with Gasteiger partial charge in [-0.05, 0) is 71.4 Å². The van der Waals surface area contributed by atoms with Crippen molar-refractivity contribution in [2.75, 3.05) is 6.54 Å². The Morgan fingerprint density at radius 3 is 2.24 bits per heavy atom. The van der Waals surface area contributed by atoms with Crippen molar-refractivity contribution in [3.8, 4) is 0 Å². The number of alkyl carbamates (subject to hydrolysis) is 1. The number of amides is 1. The Labute approximate surface area is 150 Å². The van der Waals surface area contributed by atoms with E-state index in [2.05, 4.69) is 5.32 Å². The lowest BCUT2D eigenvalue weighted by Crippen LogP contribution is -2.36. The first-order chi connectivity index (χ1) is 11.7. The predicted octanol–water partition coefficient (Wildman–Crippen LogP) is 4.24. The summed E-state index contributed by atoms with van der Waals surface area (Å²) in [5.41, 5.74) is 1.24. The van der Waals surface area contributed by atoms with Crippen molar-refractivity contribution in [3.05, 3.63) is 35.4 Å². The minimum atomic E-state index is -0.480. The molecule has 0 aliphatic heterocycles. The van der Waals surface area contributed by atoms with E-state index >= 15 is 0 Å². The number of esters is 1. The Hall–Kier alpha value is -2.04. The molecule has 5 heteroatoms. The second kappa shape index (κ2) is 8.37. The van der Waals surface area contributed by atoms with Crippen molar-refractivity contribution in [3.63, 3.8) is 0 Å². The van der Waals surface area contributed by atoms with Crippen LogP contribution >= 0.6 is 0 Å². The van der Waals surface area contributed by atoms with Crippen LogP contribution < -0.4 is 5.32 Å². The van der Waals surface area contributed by atoms with Crippen molar-refractivity contribution < 1.29 is 19.1 Å². The molecule has 1 N–H and O–H groups in total. The van der Waals surface area contributed by atoms with Gasteiger partial charge in [0.1, 0.15) is 11.7 Å². The lowest BCUT2D eigenvalue weighted by atomic mass is 9.87. The molecule has 0 atom stereocenters. The predicted molar refractivity (Wildman–Crippen MR) is 96.6 cm³/mol. The van der Waals surface area contributed by atoms with E-state index in [9.17, 15) is 9.59 Å². The molecular formula is C20H29NO4. The fraction of sp³-hybridized carbons (Fsp3) is 0.600. The zero-order valence-electron chi connectivity index (χ0n) is 15.6. The van der Waals surface area contributed by atoms with Gasteiger partial charge < -0.3 is 14.8 Å². The molecule has 1 fully saturated rings. The Morgan fingerprint density at radius 2 is 1.68 bits per heavy atom. The highest BCUT2D eigenvalue weighted by atomic mass is 16.6. The summed E-state index contributed by atoms with van der Waals surface area (Å²) in [5.74, 6) is 0.150. The standard InChI is InChI=1S/C20H29NO4/c1-14-5-9-16(10-6-14)18(22)24-17-11-7-15(8-12-17)13-21-19(23)25-20(2,3)4/h5-6,9-10,15,17H,7-8,11-13H2,1-4H3,(H,21,23)/t15-,17+. The van der Waals surface area contributed by atoms with Gasteiger partial charge in [0, 0.05) is 6.54 Å². The number of benzene rings is 1. The molecule has 2 rings (SSSR count). The van der Waals surface area contributed by atoms with Gasteiger partial charge in [-0.2, -0.15) is 0 Å². The van der Waals surface area contributed by atoms with Crippen LogP contribution in [0.3, 0.4) is 0 Å². The number of carbonyl (C=O) groups excluding carboxylic acids is 2. The van der Waals surface area contributed by atoms with Crippen molar-refractivity contribution in [2.45, 2.75) is 65.1 Å². The molecule has 0 aromatic heterocycles. The van der Waals surface area contributed by atoms with E-state index in [1.165, 1.54) is 0 Å². The normalized spacial score (nSPS) is 20.6. The van der Waals surface area contributed by atoms with Gasteiger partial charge >= 0.3 is 12.1 Å². The number of hydrogen-bond acceptors (Lipinski definition) is 4. The third-order valence-electron chi connectivity index (χ3n) is 4.29. The van der Waals surface area contributed by atoms with Crippen molar-refractivity contribution in [2.24, 2.45) is 5.92 Å². The van der Waals surface area contributed by atoms with Gasteiger partial charge in [-0.15, -0.1) is 0 Å². The highest BCUT2D eigenvalue weighted by Crippen LogP contribution is 2.26. The fourth-order valence-corrected chi connectivity index (χ4v) is 2.90. The Kier molecular flexibility index (Phi) is 6.45. The lowest BCUT2D eigenvalue weighted by molar-refractivity contribution is 0.0163. The minimum Gasteiger partial charge on any atom is -0.459 e. The molecule has 1 aromatic carbocycles. The van der Waals surface area contributed by atoms with Crippen molar-refractivity contribution in [1.82, 2.24) is 5.32 Å². The number of aryl methyl sites for hydroxylation is 1. The molecule has 1 aromatic rings. The zero-order valence-corrected chi connectivity index (χ0v) is 15.6. The van der Waals surface area contributed by atoms with Crippen LogP contribution in [0.4, 0.5) is 4.79 Å². The molecule has 0 bridgehead atoms. The van der Waals surface area contributed by atoms with E-state index in [-0.39, 0.29) is 18.2 Å². The molecule has 0 spiro atoms. The number of carbonyl (C=O) groups is 2. The Morgan fingerprint density at radius 1 is 1.08 bits per heavy atom. The van der Waals surface area contributed by atoms with Gasteiger partial charge in [0.05, 0.1) is 5.56 Å². The summed E-state index contributed by atoms with van der Waals surface area (Å²) in [5, 5.41) is 2.83. The molecule has 138 valence electrons. The molecule has 0 radical (unpaired) electrons. The Balaban J connectivity index is 1.70. The quantitative estimate of drug-likeness (QED) is 0.828. The van der Waals surface area contributed by atoms with Gasteiger partial charge in [-0.1, -0.05) is 17.7 Å². The molecule has 1 aliphatic rings. The first kappa shape index (κ1) is 19.3. The molecule has 1 saturated carbocycles. The molecule has 5 nitrogen and oxygen atoms in total. The molecule has 0 heterocycles. The first-order valence-corrected chi connectivity index (χ1v) is 8.97. The molecule has 0 saturated heterocycles. The maximum atomic E-state index is 12.2. The van der Waals surface area contributed by atoms with Gasteiger partial charge in [0.15, 0.2) is 0 Å². The van der Waals surface area contributed by atoms with Crippen LogP contribution in [-0.2, 0) is 9.47 Å². The van der Waals surface area contributed by atoms with Gasteiger partial charge in [-0.3, -0.25) is 0 Å². The van der Waals surface area contributed by atoms with Crippen LogP contribution in [0.15, 0.2) is 24.3 Å². The van der Waals surface area contributed by atoms with Gasteiger partial charge in [0.2, 0.25) is 0 Å². The lowest BCUT2D eigenvalue weighted by Gasteiger charge is -2.28. The molecule has 0 unspecified atom stereocenters. The monoisotopic (exact) mass is 347 g/mol. The topological polar surface area (TPSA) is 64.6 Å². The molecule has 1 aliphatic carbocycles. The van der Waals surface area contributed by atoms with Gasteiger partial charge in [-0.25, -0.2) is 9.59 Å². The second-order valence-electron chi connectivity index (χ2n) is 7.80. The van der Waals surface area contributed by atoms with Crippen molar-refractivity contribution in [1.29, 1.82) is 0 Å². The summed E-state index contributed by atoms with van der Waals surface area (Å²) in [4.78, 5) is 23.8. The highest BCUT2D eigenvalue weighted by molar-refractivity contribution is 5.89. The average Bonchev–Trinajstić information content (AvgIpc) is 2.53. The summed E-state index contributed by atoms with van der Waals surface area (Å²) in [6, 6.07) is 7.42. The number of nitrogens with one attached hydrogen (secondary N) is 1. The highest BCUT2D eigenvalue weighted by Gasteiger charge is 2.25. The maximum Gasteiger partial charge on any atom is 0.407 e. The van der Waals surface area contributed by atoms with Crippen LogP contribution in [0.5, 0.6) is 0 Å². The SMILES string of the molecule is Cc1ccc(C(=O)O[C@H]2CC[C@@H](CNC(=O)OC(C)(C)C)CC2)cc1. The van der Waals surface area contributed by atoms with E-state index in [4.69, 9.17) is 9.47 Å². The summed E-state index contributed by atoms with van der Waals surface area (Å²) in [7, 11) is 0. The molecular weight excluding hydrogens is 318 g/mol. The summed E-state index contributed by atoms with van der Waals surface area (Å²) < 4.78 is 10.8. The van der Waals surface area contributed by atoms with E-state index in [0.29, 0.717) is 18.0 Å². The fourth-order valence-electron chi connectivity index (χ4n) is 2.90. The zero-order chi connectivity index (χ0) is 18.4.